The number of carbonyl (C=O) groups is 2. The van der Waals surface area contributed by atoms with Gasteiger partial charge in [-0.15, -0.1) is 11.6 Å². The monoisotopic (exact) mass is 363 g/mol. The van der Waals surface area contributed by atoms with Gasteiger partial charge in [0.25, 0.3) is 0 Å². The predicted molar refractivity (Wildman–Crippen MR) is 86.5 cm³/mol. The molecule has 0 atom stereocenters. The molecule has 0 aliphatic heterocycles. The van der Waals surface area contributed by atoms with Gasteiger partial charge in [-0.3, -0.25) is 4.72 Å². The molecular weight excluding hydrogens is 346 g/mol. The number of sulfonamides is 1. The maximum atomic E-state index is 12.0. The first-order valence-electron chi connectivity index (χ1n) is 6.71. The van der Waals surface area contributed by atoms with Crippen molar-refractivity contribution in [3.05, 3.63) is 29.3 Å². The number of carbonyl (C=O) groups excluding carboxylic acids is 2. The van der Waals surface area contributed by atoms with Gasteiger partial charge in [-0.1, -0.05) is 0 Å². The highest BCUT2D eigenvalue weighted by Gasteiger charge is 2.17. The zero-order chi connectivity index (χ0) is 17.5. The molecule has 7 nitrogen and oxygen atoms in total. The molecule has 1 aromatic carbocycles. The zero-order valence-electron chi connectivity index (χ0n) is 12.8. The Morgan fingerprint density at radius 2 is 1.57 bits per heavy atom. The lowest BCUT2D eigenvalue weighted by Gasteiger charge is -2.11. The third-order valence-electron chi connectivity index (χ3n) is 2.85. The molecule has 1 N–H and O–H groups in total. The van der Waals surface area contributed by atoms with Crippen LogP contribution in [0.5, 0.6) is 0 Å². The van der Waals surface area contributed by atoms with Crippen LogP contribution in [-0.2, 0) is 19.5 Å². The summed E-state index contributed by atoms with van der Waals surface area (Å²) in [5.74, 6) is -1.13. The maximum absolute atomic E-state index is 12.0. The van der Waals surface area contributed by atoms with Gasteiger partial charge in [0, 0.05) is 5.88 Å². The third-order valence-corrected chi connectivity index (χ3v) is 4.49. The normalized spacial score (nSPS) is 10.9. The number of nitrogens with one attached hydrogen (secondary N) is 1. The summed E-state index contributed by atoms with van der Waals surface area (Å²) in [6.45, 7) is 0. The van der Waals surface area contributed by atoms with Crippen LogP contribution in [0, 0.1) is 0 Å². The summed E-state index contributed by atoms with van der Waals surface area (Å²) in [6, 6.07) is 3.84. The molecule has 0 aliphatic rings. The van der Waals surface area contributed by atoms with Crippen LogP contribution < -0.4 is 4.72 Å². The average Bonchev–Trinajstić information content (AvgIpc) is 2.52. The van der Waals surface area contributed by atoms with Gasteiger partial charge in [-0.2, -0.15) is 0 Å². The fourth-order valence-electron chi connectivity index (χ4n) is 1.78. The predicted octanol–water partition coefficient (Wildman–Crippen LogP) is 2.02. The van der Waals surface area contributed by atoms with E-state index in [1.807, 2.05) is 0 Å². The van der Waals surface area contributed by atoms with E-state index >= 15 is 0 Å². The van der Waals surface area contributed by atoms with Gasteiger partial charge in [0.2, 0.25) is 10.0 Å². The lowest BCUT2D eigenvalue weighted by atomic mass is 10.1. The molecule has 0 unspecified atom stereocenters. The smallest absolute Gasteiger partial charge is 0.337 e. The number of alkyl halides is 1. The number of hydrogen-bond acceptors (Lipinski definition) is 6. The minimum atomic E-state index is -3.62. The molecule has 1 rings (SSSR count). The average molecular weight is 364 g/mol. The number of hydrogen-bond donors (Lipinski definition) is 1. The van der Waals surface area contributed by atoms with Crippen molar-refractivity contribution >= 4 is 39.3 Å². The van der Waals surface area contributed by atoms with E-state index in [4.69, 9.17) is 11.6 Å². The topological polar surface area (TPSA) is 98.8 Å². The second-order valence-electron chi connectivity index (χ2n) is 4.60. The van der Waals surface area contributed by atoms with Crippen molar-refractivity contribution in [2.24, 2.45) is 0 Å². The van der Waals surface area contributed by atoms with Crippen LogP contribution >= 0.6 is 11.6 Å². The molecule has 0 saturated heterocycles. The van der Waals surface area contributed by atoms with Gasteiger partial charge in [0.1, 0.15) is 0 Å². The van der Waals surface area contributed by atoms with Gasteiger partial charge < -0.3 is 9.47 Å². The number of esters is 2. The van der Waals surface area contributed by atoms with Crippen molar-refractivity contribution in [2.45, 2.75) is 12.8 Å². The Labute approximate surface area is 140 Å². The number of benzene rings is 1. The highest BCUT2D eigenvalue weighted by molar-refractivity contribution is 7.92. The molecule has 0 saturated carbocycles. The minimum Gasteiger partial charge on any atom is -0.465 e. The first-order chi connectivity index (χ1) is 10.8. The van der Waals surface area contributed by atoms with Crippen molar-refractivity contribution < 1.29 is 27.5 Å². The van der Waals surface area contributed by atoms with E-state index in [2.05, 4.69) is 14.2 Å². The first-order valence-corrected chi connectivity index (χ1v) is 8.90. The van der Waals surface area contributed by atoms with E-state index in [0.29, 0.717) is 18.7 Å². The van der Waals surface area contributed by atoms with Crippen LogP contribution in [0.3, 0.4) is 0 Å². The quantitative estimate of drug-likeness (QED) is 0.431. The summed E-state index contributed by atoms with van der Waals surface area (Å²) in [5, 5.41) is 0. The number of halogens is 1. The van der Waals surface area contributed by atoms with Crippen molar-refractivity contribution in [3.8, 4) is 0 Å². The Balaban J connectivity index is 3.09. The molecule has 0 radical (unpaired) electrons. The van der Waals surface area contributed by atoms with Crippen LogP contribution in [-0.4, -0.2) is 46.2 Å². The number of anilines is 1. The number of rotatable bonds is 8. The molecule has 0 amide bonds. The van der Waals surface area contributed by atoms with Gasteiger partial charge >= 0.3 is 11.9 Å². The van der Waals surface area contributed by atoms with E-state index in [1.165, 1.54) is 32.4 Å². The lowest BCUT2D eigenvalue weighted by molar-refractivity contribution is 0.0599. The standard InChI is InChI=1S/C14H18ClNO6S/c1-21-13(17)10-7-11(14(18)22-2)9-12(8-10)16-23(19,20)6-4-3-5-15/h7-9,16H,3-6H2,1-2H3. The van der Waals surface area contributed by atoms with E-state index < -0.39 is 22.0 Å². The molecule has 23 heavy (non-hydrogen) atoms. The minimum absolute atomic E-state index is 0.0360. The van der Waals surface area contributed by atoms with E-state index in [0.717, 1.165) is 0 Å². The molecule has 0 aromatic heterocycles. The van der Waals surface area contributed by atoms with Crippen LogP contribution in [0.4, 0.5) is 5.69 Å². The van der Waals surface area contributed by atoms with Gasteiger partial charge in [-0.25, -0.2) is 18.0 Å². The van der Waals surface area contributed by atoms with Crippen molar-refractivity contribution in [1.82, 2.24) is 0 Å². The SMILES string of the molecule is COC(=O)c1cc(NS(=O)(=O)CCCCCl)cc(C(=O)OC)c1. The van der Waals surface area contributed by atoms with Crippen LogP contribution in [0.1, 0.15) is 33.6 Å². The molecule has 0 heterocycles. The summed E-state index contributed by atoms with van der Waals surface area (Å²) < 4.78 is 35.5. The zero-order valence-corrected chi connectivity index (χ0v) is 14.4. The van der Waals surface area contributed by atoms with Crippen molar-refractivity contribution in [2.75, 3.05) is 30.6 Å². The van der Waals surface area contributed by atoms with E-state index in [9.17, 15) is 18.0 Å². The van der Waals surface area contributed by atoms with Crippen LogP contribution in [0.15, 0.2) is 18.2 Å². The molecule has 1 aromatic rings. The summed E-state index contributed by atoms with van der Waals surface area (Å²) in [6.07, 6.45) is 0.970. The van der Waals surface area contributed by atoms with Crippen molar-refractivity contribution in [3.63, 3.8) is 0 Å². The van der Waals surface area contributed by atoms with Gasteiger partial charge in [-0.05, 0) is 31.0 Å². The maximum Gasteiger partial charge on any atom is 0.337 e. The van der Waals surface area contributed by atoms with Crippen LogP contribution in [0.25, 0.3) is 0 Å². The molecule has 128 valence electrons. The highest BCUT2D eigenvalue weighted by Crippen LogP contribution is 2.18. The Morgan fingerprint density at radius 1 is 1.04 bits per heavy atom. The first kappa shape index (κ1) is 19.2. The molecule has 9 heteroatoms. The Bertz CT molecular complexity index is 640. The van der Waals surface area contributed by atoms with Crippen molar-refractivity contribution in [1.29, 1.82) is 0 Å². The second-order valence-corrected chi connectivity index (χ2v) is 6.82. The second kappa shape index (κ2) is 8.73. The third kappa shape index (κ3) is 6.07. The summed E-state index contributed by atoms with van der Waals surface area (Å²) >= 11 is 5.52. The summed E-state index contributed by atoms with van der Waals surface area (Å²) in [5.41, 5.74) is 0.155. The molecule has 0 bridgehead atoms. The summed E-state index contributed by atoms with van der Waals surface area (Å²) in [7, 11) is -1.25. The Kier molecular flexibility index (Phi) is 7.31. The number of unbranched alkanes of at least 4 members (excludes halogenated alkanes) is 1. The Morgan fingerprint density at radius 3 is 2.00 bits per heavy atom. The number of ether oxygens (including phenoxy) is 2. The highest BCUT2D eigenvalue weighted by atomic mass is 35.5. The van der Waals surface area contributed by atoms with Gasteiger partial charge in [0.15, 0.2) is 0 Å². The van der Waals surface area contributed by atoms with E-state index in [-0.39, 0.29) is 22.6 Å². The van der Waals surface area contributed by atoms with Crippen LogP contribution in [0.2, 0.25) is 0 Å². The fraction of sp³-hybridized carbons (Fsp3) is 0.429. The van der Waals surface area contributed by atoms with E-state index in [1.54, 1.807) is 0 Å². The molecule has 0 aliphatic carbocycles. The fourth-order valence-corrected chi connectivity index (χ4v) is 3.13. The van der Waals surface area contributed by atoms with Gasteiger partial charge in [0.05, 0.1) is 36.8 Å². The molecule has 0 spiro atoms. The molecule has 0 fully saturated rings. The largest absolute Gasteiger partial charge is 0.465 e. The molecular formula is C14H18ClNO6S. The number of methoxy groups -OCH3 is 2. The summed E-state index contributed by atoms with van der Waals surface area (Å²) in [4.78, 5) is 23.3. The lowest BCUT2D eigenvalue weighted by Crippen LogP contribution is -2.18. The Hall–Kier alpha value is -1.80.